The molecular weight excluding hydrogens is 659 g/mol. The molecule has 2 heterocycles. The number of benzene rings is 2. The van der Waals surface area contributed by atoms with Gasteiger partial charge in [-0.3, -0.25) is 14.4 Å². The van der Waals surface area contributed by atoms with Crippen LogP contribution in [0.1, 0.15) is 56.3 Å². The van der Waals surface area contributed by atoms with E-state index in [1.54, 1.807) is 30.1 Å². The maximum absolute atomic E-state index is 12.6. The van der Waals surface area contributed by atoms with Crippen LogP contribution in [0.25, 0.3) is 10.9 Å². The lowest BCUT2D eigenvalue weighted by atomic mass is 10.0. The maximum atomic E-state index is 12.6. The van der Waals surface area contributed by atoms with Crippen molar-refractivity contribution in [2.45, 2.75) is 69.9 Å². The van der Waals surface area contributed by atoms with E-state index in [0.29, 0.717) is 55.7 Å². The molecule has 0 aliphatic carbocycles. The monoisotopic (exact) mass is 703 g/mol. The topological polar surface area (TPSA) is 164 Å². The molecule has 1 aromatic heterocycles. The van der Waals surface area contributed by atoms with E-state index >= 15 is 0 Å². The van der Waals surface area contributed by atoms with Crippen LogP contribution in [-0.4, -0.2) is 101 Å². The Morgan fingerprint density at radius 1 is 1.10 bits per heavy atom. The Bertz CT molecular complexity index is 1690. The molecule has 4 rings (SSSR count). The maximum Gasteiger partial charge on any atom is 0.490 e. The average molecular weight is 704 g/mol. The lowest BCUT2D eigenvalue weighted by Crippen LogP contribution is -2.41. The third kappa shape index (κ3) is 11.3. The zero-order valence-electron chi connectivity index (χ0n) is 28.1. The number of anilines is 1. The molecule has 15 heteroatoms. The molecule has 5 N–H and O–H groups in total. The number of pyridine rings is 1. The molecule has 50 heavy (non-hydrogen) atoms. The number of aromatic nitrogens is 1. The number of amides is 2. The van der Waals surface area contributed by atoms with Crippen LogP contribution in [0.2, 0.25) is 0 Å². The molecule has 2 atom stereocenters. The number of fused-ring (bicyclic) bond motifs is 1. The number of aromatic hydroxyl groups is 1. The standard InChI is InChI=1S/C35H44F3N5O7/c1-22(39-21-29(45)26-8-10-28(44)33-27(26)9-11-31(47)41-33)19-23-5-3-6-24(20-23)40-30(46)7-4-15-42(2)32(48)14-18-43-16-12-25(13-17-43)50-34(49)35(36,37)38/h3,5-6,8-11,20,22,25,29,39,44-45H,4,7,12-19,21H2,1-2H3,(H,40,46)(H,41,47)/t22?,29-/m0/s1. The first-order valence-electron chi connectivity index (χ1n) is 16.6. The van der Waals surface area contributed by atoms with Crippen molar-refractivity contribution in [3.63, 3.8) is 0 Å². The highest BCUT2D eigenvalue weighted by Gasteiger charge is 2.42. The quantitative estimate of drug-likeness (QED) is 0.149. The summed E-state index contributed by atoms with van der Waals surface area (Å²) in [5.41, 5.74) is 2.11. The van der Waals surface area contributed by atoms with E-state index in [-0.39, 0.29) is 66.9 Å². The van der Waals surface area contributed by atoms with Crippen LogP contribution in [0, 0.1) is 0 Å². The highest BCUT2D eigenvalue weighted by atomic mass is 19.4. The van der Waals surface area contributed by atoms with Gasteiger partial charge in [-0.15, -0.1) is 0 Å². The molecule has 1 aliphatic rings. The molecule has 2 aromatic carbocycles. The summed E-state index contributed by atoms with van der Waals surface area (Å²) in [7, 11) is 1.66. The fourth-order valence-corrected chi connectivity index (χ4v) is 5.91. The van der Waals surface area contributed by atoms with Gasteiger partial charge in [0.1, 0.15) is 11.9 Å². The van der Waals surface area contributed by atoms with Gasteiger partial charge in [-0.1, -0.05) is 18.2 Å². The van der Waals surface area contributed by atoms with E-state index in [2.05, 4.69) is 20.4 Å². The van der Waals surface area contributed by atoms with Crippen LogP contribution >= 0.6 is 0 Å². The first-order chi connectivity index (χ1) is 23.7. The SMILES string of the molecule is CC(Cc1cccc(NC(=O)CCCN(C)C(=O)CCN2CCC(OC(=O)C(F)(F)F)CC2)c1)NC[C@H](O)c1ccc(O)c2[nH]c(=O)ccc12. The predicted octanol–water partition coefficient (Wildman–Crippen LogP) is 3.63. The molecule has 0 bridgehead atoms. The molecular formula is C35H44F3N5O7. The first kappa shape index (κ1) is 38.3. The van der Waals surface area contributed by atoms with Gasteiger partial charge in [0.05, 0.1) is 11.6 Å². The number of carbonyl (C=O) groups is 3. The highest BCUT2D eigenvalue weighted by molar-refractivity contribution is 5.91. The van der Waals surface area contributed by atoms with Crippen LogP contribution < -0.4 is 16.2 Å². The van der Waals surface area contributed by atoms with E-state index in [1.165, 1.54) is 12.1 Å². The number of piperidine rings is 1. The summed E-state index contributed by atoms with van der Waals surface area (Å²) in [5.74, 6) is -2.54. The van der Waals surface area contributed by atoms with E-state index in [4.69, 9.17) is 0 Å². The van der Waals surface area contributed by atoms with Crippen molar-refractivity contribution >= 4 is 34.4 Å². The van der Waals surface area contributed by atoms with E-state index < -0.39 is 24.4 Å². The Hall–Kier alpha value is -4.47. The molecule has 0 radical (unpaired) electrons. The molecule has 1 unspecified atom stereocenters. The molecule has 1 fully saturated rings. The van der Waals surface area contributed by atoms with Gasteiger partial charge >= 0.3 is 12.1 Å². The molecule has 2 amide bonds. The minimum absolute atomic E-state index is 0.0263. The van der Waals surface area contributed by atoms with Crippen molar-refractivity contribution in [2.24, 2.45) is 0 Å². The summed E-state index contributed by atoms with van der Waals surface area (Å²) in [6.45, 7) is 3.89. The number of nitrogens with one attached hydrogen (secondary N) is 3. The number of nitrogens with zero attached hydrogens (tertiary/aromatic N) is 2. The number of phenols is 1. The number of phenolic OH excluding ortho intramolecular Hbond substituents is 1. The number of hydrogen-bond acceptors (Lipinski definition) is 9. The minimum Gasteiger partial charge on any atom is -0.506 e. The van der Waals surface area contributed by atoms with Crippen LogP contribution in [0.5, 0.6) is 5.75 Å². The fourth-order valence-electron chi connectivity index (χ4n) is 5.91. The van der Waals surface area contributed by atoms with Crippen LogP contribution in [0.3, 0.4) is 0 Å². The van der Waals surface area contributed by atoms with Crippen molar-refractivity contribution < 1.29 is 42.5 Å². The largest absolute Gasteiger partial charge is 0.506 e. The van der Waals surface area contributed by atoms with Crippen LogP contribution in [0.15, 0.2) is 53.3 Å². The number of aliphatic hydroxyl groups is 1. The van der Waals surface area contributed by atoms with Crippen molar-refractivity contribution in [3.8, 4) is 5.75 Å². The van der Waals surface area contributed by atoms with Crippen LogP contribution in [-0.2, 0) is 25.5 Å². The number of alkyl halides is 3. The second kappa shape index (κ2) is 17.5. The number of aliphatic hydroxyl groups excluding tert-OH is 1. The van der Waals surface area contributed by atoms with E-state index in [1.807, 2.05) is 30.0 Å². The number of aromatic amines is 1. The predicted molar refractivity (Wildman–Crippen MR) is 181 cm³/mol. The second-order valence-electron chi connectivity index (χ2n) is 12.7. The summed E-state index contributed by atoms with van der Waals surface area (Å²) >= 11 is 0. The average Bonchev–Trinajstić information content (AvgIpc) is 3.06. The number of H-pyrrole nitrogens is 1. The highest BCUT2D eigenvalue weighted by Crippen LogP contribution is 2.28. The van der Waals surface area contributed by atoms with Crippen molar-refractivity contribution in [3.05, 3.63) is 70.0 Å². The molecule has 12 nitrogen and oxygen atoms in total. The normalized spacial score (nSPS) is 15.4. The fraction of sp³-hybridized carbons (Fsp3) is 0.486. The third-order valence-electron chi connectivity index (χ3n) is 8.68. The van der Waals surface area contributed by atoms with E-state index in [9.17, 15) is 42.6 Å². The van der Waals surface area contributed by atoms with Gasteiger partial charge in [0.25, 0.3) is 0 Å². The van der Waals surface area contributed by atoms with Gasteiger partial charge in [-0.25, -0.2) is 4.79 Å². The van der Waals surface area contributed by atoms with Gasteiger partial charge in [0.15, 0.2) is 0 Å². The number of carbonyl (C=O) groups excluding carboxylic acids is 3. The number of rotatable bonds is 15. The van der Waals surface area contributed by atoms with Gasteiger partial charge < -0.3 is 40.4 Å². The zero-order chi connectivity index (χ0) is 36.4. The summed E-state index contributed by atoms with van der Waals surface area (Å²) < 4.78 is 41.7. The van der Waals surface area contributed by atoms with Gasteiger partial charge in [-0.05, 0) is 68.0 Å². The number of hydrogen-bond donors (Lipinski definition) is 5. The van der Waals surface area contributed by atoms with Gasteiger partial charge in [0, 0.05) is 75.8 Å². The Balaban J connectivity index is 1.13. The van der Waals surface area contributed by atoms with Crippen molar-refractivity contribution in [1.82, 2.24) is 20.1 Å². The zero-order valence-corrected chi connectivity index (χ0v) is 28.1. The molecule has 1 saturated heterocycles. The lowest BCUT2D eigenvalue weighted by Gasteiger charge is -2.31. The Labute approximate surface area is 287 Å². The molecule has 0 spiro atoms. The molecule has 3 aromatic rings. The number of esters is 1. The Morgan fingerprint density at radius 3 is 2.56 bits per heavy atom. The third-order valence-corrected chi connectivity index (χ3v) is 8.68. The Kier molecular flexibility index (Phi) is 13.4. The summed E-state index contributed by atoms with van der Waals surface area (Å²) in [4.78, 5) is 54.0. The summed E-state index contributed by atoms with van der Waals surface area (Å²) in [5, 5.41) is 27.7. The molecule has 272 valence electrons. The summed E-state index contributed by atoms with van der Waals surface area (Å²) in [6, 6.07) is 13.4. The number of halogens is 3. The second-order valence-corrected chi connectivity index (χ2v) is 12.7. The first-order valence-corrected chi connectivity index (χ1v) is 16.6. The summed E-state index contributed by atoms with van der Waals surface area (Å²) in [6.07, 6.45) is -4.62. The smallest absolute Gasteiger partial charge is 0.490 e. The van der Waals surface area contributed by atoms with E-state index in [0.717, 1.165) is 5.56 Å². The number of ether oxygens (including phenoxy) is 1. The lowest BCUT2D eigenvalue weighted by molar-refractivity contribution is -0.206. The van der Waals surface area contributed by atoms with Gasteiger partial charge in [-0.2, -0.15) is 13.2 Å². The molecule has 0 saturated carbocycles. The Morgan fingerprint density at radius 2 is 1.84 bits per heavy atom. The van der Waals surface area contributed by atoms with Crippen LogP contribution in [0.4, 0.5) is 18.9 Å². The minimum atomic E-state index is -5.01. The van der Waals surface area contributed by atoms with Crippen molar-refractivity contribution in [1.29, 1.82) is 0 Å². The van der Waals surface area contributed by atoms with Gasteiger partial charge in [0.2, 0.25) is 17.4 Å². The number of likely N-dealkylation sites (tertiary alicyclic amines) is 1. The molecule has 1 aliphatic heterocycles. The van der Waals surface area contributed by atoms with Crippen molar-refractivity contribution in [2.75, 3.05) is 45.1 Å².